The third-order valence-corrected chi connectivity index (χ3v) is 4.16. The van der Waals surface area contributed by atoms with Crippen molar-refractivity contribution in [3.63, 3.8) is 0 Å². The Bertz CT molecular complexity index is 694. The fraction of sp³-hybridized carbons (Fsp3) is 0.350. The number of carbonyl (C=O) groups excluding carboxylic acids is 1. The number of para-hydroxylation sites is 1. The molecule has 2 rings (SSSR count). The van der Waals surface area contributed by atoms with Crippen LogP contribution >= 0.6 is 0 Å². The van der Waals surface area contributed by atoms with Crippen molar-refractivity contribution < 1.29 is 9.53 Å². The van der Waals surface area contributed by atoms with Crippen molar-refractivity contribution in [2.45, 2.75) is 46.8 Å². The number of rotatable bonds is 5. The van der Waals surface area contributed by atoms with E-state index in [1.165, 1.54) is 11.1 Å². The van der Waals surface area contributed by atoms with Crippen LogP contribution in [0.25, 0.3) is 0 Å². The monoisotopic (exact) mass is 311 g/mol. The number of benzene rings is 2. The van der Waals surface area contributed by atoms with E-state index in [2.05, 4.69) is 37.4 Å². The summed E-state index contributed by atoms with van der Waals surface area (Å²) in [5, 5.41) is 3.02. The Kier molecular flexibility index (Phi) is 5.43. The van der Waals surface area contributed by atoms with Crippen LogP contribution in [0.15, 0.2) is 42.5 Å². The van der Waals surface area contributed by atoms with Gasteiger partial charge in [-0.25, -0.2) is 0 Å². The molecule has 0 unspecified atom stereocenters. The zero-order chi connectivity index (χ0) is 17.0. The summed E-state index contributed by atoms with van der Waals surface area (Å²) in [7, 11) is 0. The molecule has 0 bridgehead atoms. The van der Waals surface area contributed by atoms with Crippen LogP contribution in [-0.2, 0) is 4.79 Å². The molecule has 0 saturated carbocycles. The summed E-state index contributed by atoms with van der Waals surface area (Å²) in [6.07, 6.45) is -0.537. The van der Waals surface area contributed by atoms with Crippen LogP contribution in [-0.4, -0.2) is 12.0 Å². The minimum atomic E-state index is -0.537. The van der Waals surface area contributed by atoms with E-state index in [0.717, 1.165) is 16.9 Å². The fourth-order valence-corrected chi connectivity index (χ4v) is 2.38. The second-order valence-electron chi connectivity index (χ2n) is 6.10. The van der Waals surface area contributed by atoms with Gasteiger partial charge in [0.2, 0.25) is 0 Å². The Morgan fingerprint density at radius 2 is 1.65 bits per heavy atom. The lowest BCUT2D eigenvalue weighted by Gasteiger charge is -2.20. The van der Waals surface area contributed by atoms with E-state index in [0.29, 0.717) is 0 Å². The highest BCUT2D eigenvalue weighted by molar-refractivity contribution is 5.81. The molecule has 122 valence electrons. The van der Waals surface area contributed by atoms with Gasteiger partial charge in [0, 0.05) is 0 Å². The van der Waals surface area contributed by atoms with Crippen molar-refractivity contribution in [2.75, 3.05) is 0 Å². The van der Waals surface area contributed by atoms with Gasteiger partial charge in [-0.15, -0.1) is 0 Å². The molecule has 0 fully saturated rings. The first kappa shape index (κ1) is 17.1. The minimum Gasteiger partial charge on any atom is -0.481 e. The lowest BCUT2D eigenvalue weighted by molar-refractivity contribution is -0.127. The van der Waals surface area contributed by atoms with Crippen LogP contribution in [0.4, 0.5) is 0 Å². The summed E-state index contributed by atoms with van der Waals surface area (Å²) in [5.74, 6) is 0.632. The van der Waals surface area contributed by atoms with Crippen molar-refractivity contribution in [2.24, 2.45) is 0 Å². The first-order valence-electron chi connectivity index (χ1n) is 7.98. The van der Waals surface area contributed by atoms with E-state index in [1.54, 1.807) is 6.92 Å². The van der Waals surface area contributed by atoms with Gasteiger partial charge < -0.3 is 10.1 Å². The molecule has 0 heterocycles. The summed E-state index contributed by atoms with van der Waals surface area (Å²) in [4.78, 5) is 12.4. The minimum absolute atomic E-state index is 0.0512. The van der Waals surface area contributed by atoms with Gasteiger partial charge >= 0.3 is 0 Å². The van der Waals surface area contributed by atoms with E-state index >= 15 is 0 Å². The molecule has 0 aliphatic rings. The van der Waals surface area contributed by atoms with E-state index in [1.807, 2.05) is 38.1 Å². The summed E-state index contributed by atoms with van der Waals surface area (Å²) >= 11 is 0. The van der Waals surface area contributed by atoms with Gasteiger partial charge in [-0.3, -0.25) is 4.79 Å². The van der Waals surface area contributed by atoms with Crippen LogP contribution in [0, 0.1) is 20.8 Å². The van der Waals surface area contributed by atoms with Crippen molar-refractivity contribution in [3.05, 3.63) is 64.7 Å². The highest BCUT2D eigenvalue weighted by atomic mass is 16.5. The van der Waals surface area contributed by atoms with E-state index in [9.17, 15) is 4.79 Å². The van der Waals surface area contributed by atoms with Crippen molar-refractivity contribution >= 4 is 5.91 Å². The van der Waals surface area contributed by atoms with Gasteiger partial charge in [0.05, 0.1) is 6.04 Å². The second-order valence-corrected chi connectivity index (χ2v) is 6.10. The SMILES string of the molecule is Cc1ccc([C@@H](C)NC(=O)[C@@H](C)Oc2ccccc2C)cc1C. The second kappa shape index (κ2) is 7.32. The molecule has 23 heavy (non-hydrogen) atoms. The number of aryl methyl sites for hydroxylation is 3. The predicted octanol–water partition coefficient (Wildman–Crippen LogP) is 4.26. The lowest BCUT2D eigenvalue weighted by Crippen LogP contribution is -2.37. The van der Waals surface area contributed by atoms with Gasteiger partial charge in [0.15, 0.2) is 6.10 Å². The highest BCUT2D eigenvalue weighted by Gasteiger charge is 2.18. The number of hydrogen-bond donors (Lipinski definition) is 1. The Balaban J connectivity index is 2.00. The van der Waals surface area contributed by atoms with Gasteiger partial charge in [-0.2, -0.15) is 0 Å². The van der Waals surface area contributed by atoms with Gasteiger partial charge in [0.1, 0.15) is 5.75 Å². The first-order valence-corrected chi connectivity index (χ1v) is 7.98. The molecule has 2 aromatic rings. The van der Waals surface area contributed by atoms with Crippen molar-refractivity contribution in [1.82, 2.24) is 5.32 Å². The maximum atomic E-state index is 12.4. The molecule has 3 heteroatoms. The Morgan fingerprint density at radius 1 is 0.957 bits per heavy atom. The summed E-state index contributed by atoms with van der Waals surface area (Å²) in [6.45, 7) is 9.90. The zero-order valence-electron chi connectivity index (χ0n) is 14.5. The molecular formula is C20H25NO2. The molecule has 0 aromatic heterocycles. The van der Waals surface area contributed by atoms with Crippen LogP contribution < -0.4 is 10.1 Å². The van der Waals surface area contributed by atoms with Crippen LogP contribution in [0.2, 0.25) is 0 Å². The lowest BCUT2D eigenvalue weighted by atomic mass is 10.0. The standard InChI is InChI=1S/C20H25NO2/c1-13-10-11-18(12-15(13)3)16(4)21-20(22)17(5)23-19-9-7-6-8-14(19)2/h6-12,16-17H,1-5H3,(H,21,22)/t16-,17-/m1/s1. The van der Waals surface area contributed by atoms with Gasteiger partial charge in [0.25, 0.3) is 5.91 Å². The molecule has 2 atom stereocenters. The van der Waals surface area contributed by atoms with Crippen LogP contribution in [0.3, 0.4) is 0 Å². The average Bonchev–Trinajstić information content (AvgIpc) is 2.52. The smallest absolute Gasteiger partial charge is 0.261 e. The third-order valence-electron chi connectivity index (χ3n) is 4.16. The number of hydrogen-bond acceptors (Lipinski definition) is 2. The van der Waals surface area contributed by atoms with Gasteiger partial charge in [-0.1, -0.05) is 36.4 Å². The summed E-state index contributed by atoms with van der Waals surface area (Å²) in [5.41, 5.74) is 4.61. The quantitative estimate of drug-likeness (QED) is 0.896. The normalized spacial score (nSPS) is 13.3. The zero-order valence-corrected chi connectivity index (χ0v) is 14.5. The van der Waals surface area contributed by atoms with E-state index in [-0.39, 0.29) is 11.9 Å². The largest absolute Gasteiger partial charge is 0.481 e. The number of carbonyl (C=O) groups is 1. The van der Waals surface area contributed by atoms with Crippen LogP contribution in [0.1, 0.15) is 42.1 Å². The average molecular weight is 311 g/mol. The van der Waals surface area contributed by atoms with Gasteiger partial charge in [-0.05, 0) is 62.9 Å². The van der Waals surface area contributed by atoms with Crippen LogP contribution in [0.5, 0.6) is 5.75 Å². The molecular weight excluding hydrogens is 286 g/mol. The molecule has 1 amide bonds. The molecule has 0 aliphatic carbocycles. The Hall–Kier alpha value is -2.29. The highest BCUT2D eigenvalue weighted by Crippen LogP contribution is 2.19. The summed E-state index contributed by atoms with van der Waals surface area (Å²) in [6, 6.07) is 13.9. The molecule has 1 N–H and O–H groups in total. The topological polar surface area (TPSA) is 38.3 Å². The predicted molar refractivity (Wildman–Crippen MR) is 93.7 cm³/mol. The Morgan fingerprint density at radius 3 is 2.30 bits per heavy atom. The molecule has 0 aliphatic heterocycles. The third kappa shape index (κ3) is 4.35. The van der Waals surface area contributed by atoms with Crippen molar-refractivity contribution in [1.29, 1.82) is 0 Å². The van der Waals surface area contributed by atoms with Crippen molar-refractivity contribution in [3.8, 4) is 5.75 Å². The number of ether oxygens (including phenoxy) is 1. The van der Waals surface area contributed by atoms with E-state index in [4.69, 9.17) is 4.74 Å². The molecule has 3 nitrogen and oxygen atoms in total. The number of amides is 1. The number of nitrogens with one attached hydrogen (secondary N) is 1. The van der Waals surface area contributed by atoms with E-state index < -0.39 is 6.10 Å². The molecule has 2 aromatic carbocycles. The molecule has 0 radical (unpaired) electrons. The maximum Gasteiger partial charge on any atom is 0.261 e. The fourth-order valence-electron chi connectivity index (χ4n) is 2.38. The molecule has 0 saturated heterocycles. The maximum absolute atomic E-state index is 12.4. The summed E-state index contributed by atoms with van der Waals surface area (Å²) < 4.78 is 5.77. The Labute approximate surface area is 138 Å². The first-order chi connectivity index (χ1) is 10.9. The molecule has 0 spiro atoms.